The van der Waals surface area contributed by atoms with E-state index in [1.807, 2.05) is 30.3 Å². The molecular formula is C16H22N4O. The molecule has 1 aliphatic rings. The average molecular weight is 286 g/mol. The average Bonchev–Trinajstić information content (AvgIpc) is 3.03. The van der Waals surface area contributed by atoms with Crippen LogP contribution in [0.1, 0.15) is 25.6 Å². The van der Waals surface area contributed by atoms with Crippen LogP contribution in [-0.2, 0) is 6.54 Å². The number of piperidine rings is 1. The third kappa shape index (κ3) is 3.49. The maximum atomic E-state index is 5.38. The van der Waals surface area contributed by atoms with Crippen LogP contribution in [0.5, 0.6) is 0 Å². The molecule has 1 N–H and O–H groups in total. The second-order valence-electron chi connectivity index (χ2n) is 5.43. The van der Waals surface area contributed by atoms with Crippen molar-refractivity contribution in [2.45, 2.75) is 32.4 Å². The Hall–Kier alpha value is -1.72. The monoisotopic (exact) mass is 286 g/mol. The zero-order chi connectivity index (χ0) is 14.5. The predicted octanol–water partition coefficient (Wildman–Crippen LogP) is 2.31. The van der Waals surface area contributed by atoms with Gasteiger partial charge in [0.1, 0.15) is 0 Å². The molecule has 0 aliphatic carbocycles. The standard InChI is InChI=1S/C16H22N4O/c1-2-20(14-8-10-17-11-9-14)12-15-18-16(21-19-15)13-6-4-3-5-7-13/h3-7,14,17H,2,8-12H2,1H3. The van der Waals surface area contributed by atoms with Crippen LogP contribution in [0.25, 0.3) is 11.5 Å². The lowest BCUT2D eigenvalue weighted by atomic mass is 10.0. The summed E-state index contributed by atoms with van der Waals surface area (Å²) in [5, 5.41) is 7.54. The Morgan fingerprint density at radius 3 is 2.71 bits per heavy atom. The van der Waals surface area contributed by atoms with E-state index in [2.05, 4.69) is 27.3 Å². The summed E-state index contributed by atoms with van der Waals surface area (Å²) in [7, 11) is 0. The van der Waals surface area contributed by atoms with Crippen molar-refractivity contribution in [3.05, 3.63) is 36.2 Å². The molecule has 1 aromatic heterocycles. The van der Waals surface area contributed by atoms with Crippen molar-refractivity contribution >= 4 is 0 Å². The summed E-state index contributed by atoms with van der Waals surface area (Å²) in [6.07, 6.45) is 2.38. The van der Waals surface area contributed by atoms with Gasteiger partial charge in [0.25, 0.3) is 5.89 Å². The Bertz CT molecular complexity index is 548. The highest BCUT2D eigenvalue weighted by molar-refractivity contribution is 5.51. The minimum Gasteiger partial charge on any atom is -0.334 e. The molecule has 21 heavy (non-hydrogen) atoms. The molecule has 112 valence electrons. The van der Waals surface area contributed by atoms with Crippen molar-refractivity contribution in [3.8, 4) is 11.5 Å². The van der Waals surface area contributed by atoms with E-state index in [-0.39, 0.29) is 0 Å². The Balaban J connectivity index is 1.68. The molecule has 0 radical (unpaired) electrons. The number of nitrogens with one attached hydrogen (secondary N) is 1. The first-order valence-electron chi connectivity index (χ1n) is 7.69. The Morgan fingerprint density at radius 2 is 2.00 bits per heavy atom. The van der Waals surface area contributed by atoms with E-state index in [9.17, 15) is 0 Å². The summed E-state index contributed by atoms with van der Waals surface area (Å²) in [5.41, 5.74) is 0.973. The first kappa shape index (κ1) is 14.2. The number of benzene rings is 1. The van der Waals surface area contributed by atoms with Crippen LogP contribution in [-0.4, -0.2) is 40.7 Å². The second-order valence-corrected chi connectivity index (χ2v) is 5.43. The Labute approximate surface area is 125 Å². The molecule has 0 spiro atoms. The van der Waals surface area contributed by atoms with Gasteiger partial charge in [-0.05, 0) is 44.6 Å². The smallest absolute Gasteiger partial charge is 0.257 e. The van der Waals surface area contributed by atoms with Gasteiger partial charge in [-0.25, -0.2) is 0 Å². The fourth-order valence-corrected chi connectivity index (χ4v) is 2.87. The van der Waals surface area contributed by atoms with Gasteiger partial charge in [0.05, 0.1) is 6.54 Å². The first-order valence-corrected chi connectivity index (χ1v) is 7.69. The minimum absolute atomic E-state index is 0.604. The molecule has 1 aliphatic heterocycles. The van der Waals surface area contributed by atoms with Crippen LogP contribution in [0, 0.1) is 0 Å². The summed E-state index contributed by atoms with van der Waals surface area (Å²) < 4.78 is 5.38. The van der Waals surface area contributed by atoms with Gasteiger partial charge in [0.15, 0.2) is 5.82 Å². The third-order valence-corrected chi connectivity index (χ3v) is 4.06. The van der Waals surface area contributed by atoms with Crippen molar-refractivity contribution < 1.29 is 4.52 Å². The normalized spacial score (nSPS) is 16.5. The molecular weight excluding hydrogens is 264 g/mol. The molecule has 0 saturated carbocycles. The summed E-state index contributed by atoms with van der Waals surface area (Å²) in [5.74, 6) is 1.38. The van der Waals surface area contributed by atoms with Crippen LogP contribution < -0.4 is 5.32 Å². The number of nitrogens with zero attached hydrogens (tertiary/aromatic N) is 3. The van der Waals surface area contributed by atoms with Gasteiger partial charge in [0, 0.05) is 11.6 Å². The highest BCUT2D eigenvalue weighted by Crippen LogP contribution is 2.18. The number of rotatable bonds is 5. The maximum Gasteiger partial charge on any atom is 0.257 e. The van der Waals surface area contributed by atoms with Crippen LogP contribution in [0.2, 0.25) is 0 Å². The zero-order valence-electron chi connectivity index (χ0n) is 12.5. The SMILES string of the molecule is CCN(Cc1noc(-c2ccccc2)n1)C1CCNCC1. The summed E-state index contributed by atoms with van der Waals surface area (Å²) in [6, 6.07) is 10.5. The summed E-state index contributed by atoms with van der Waals surface area (Å²) >= 11 is 0. The fraction of sp³-hybridized carbons (Fsp3) is 0.500. The predicted molar refractivity (Wildman–Crippen MR) is 81.7 cm³/mol. The van der Waals surface area contributed by atoms with Gasteiger partial charge in [-0.3, -0.25) is 4.90 Å². The van der Waals surface area contributed by atoms with E-state index in [1.165, 1.54) is 12.8 Å². The van der Waals surface area contributed by atoms with Gasteiger partial charge in [-0.2, -0.15) is 4.98 Å². The minimum atomic E-state index is 0.604. The lowest BCUT2D eigenvalue weighted by Gasteiger charge is -2.32. The highest BCUT2D eigenvalue weighted by Gasteiger charge is 2.21. The largest absolute Gasteiger partial charge is 0.334 e. The van der Waals surface area contributed by atoms with E-state index in [0.29, 0.717) is 11.9 Å². The van der Waals surface area contributed by atoms with Crippen LogP contribution >= 0.6 is 0 Å². The molecule has 2 aromatic rings. The van der Waals surface area contributed by atoms with Gasteiger partial charge < -0.3 is 9.84 Å². The van der Waals surface area contributed by atoms with Crippen LogP contribution in [0.3, 0.4) is 0 Å². The lowest BCUT2D eigenvalue weighted by Crippen LogP contribution is -2.42. The second kappa shape index (κ2) is 6.83. The van der Waals surface area contributed by atoms with Gasteiger partial charge in [-0.1, -0.05) is 30.3 Å². The zero-order valence-corrected chi connectivity index (χ0v) is 12.5. The molecule has 5 heteroatoms. The number of aromatic nitrogens is 2. The molecule has 1 saturated heterocycles. The number of hydrogen-bond donors (Lipinski definition) is 1. The summed E-state index contributed by atoms with van der Waals surface area (Å²) in [6.45, 7) is 6.17. The van der Waals surface area contributed by atoms with Gasteiger partial charge in [0.2, 0.25) is 0 Å². The van der Waals surface area contributed by atoms with Crippen molar-refractivity contribution in [2.24, 2.45) is 0 Å². The van der Waals surface area contributed by atoms with E-state index < -0.39 is 0 Å². The van der Waals surface area contributed by atoms with Crippen LogP contribution in [0.15, 0.2) is 34.9 Å². The Morgan fingerprint density at radius 1 is 1.24 bits per heavy atom. The van der Waals surface area contributed by atoms with Crippen molar-refractivity contribution in [3.63, 3.8) is 0 Å². The van der Waals surface area contributed by atoms with Gasteiger partial charge in [-0.15, -0.1) is 0 Å². The third-order valence-electron chi connectivity index (χ3n) is 4.06. The molecule has 1 aromatic carbocycles. The van der Waals surface area contributed by atoms with E-state index in [4.69, 9.17) is 4.52 Å². The molecule has 5 nitrogen and oxygen atoms in total. The number of hydrogen-bond acceptors (Lipinski definition) is 5. The molecule has 2 heterocycles. The molecule has 3 rings (SSSR count). The van der Waals surface area contributed by atoms with Crippen LogP contribution in [0.4, 0.5) is 0 Å². The molecule has 0 amide bonds. The lowest BCUT2D eigenvalue weighted by molar-refractivity contribution is 0.157. The van der Waals surface area contributed by atoms with E-state index in [1.54, 1.807) is 0 Å². The van der Waals surface area contributed by atoms with Crippen molar-refractivity contribution in [2.75, 3.05) is 19.6 Å². The fourth-order valence-electron chi connectivity index (χ4n) is 2.87. The van der Waals surface area contributed by atoms with E-state index in [0.717, 1.165) is 37.6 Å². The maximum absolute atomic E-state index is 5.38. The van der Waals surface area contributed by atoms with E-state index >= 15 is 0 Å². The molecule has 1 fully saturated rings. The topological polar surface area (TPSA) is 54.2 Å². The molecule has 0 unspecified atom stereocenters. The molecule has 0 bridgehead atoms. The van der Waals surface area contributed by atoms with Gasteiger partial charge >= 0.3 is 0 Å². The Kier molecular flexibility index (Phi) is 4.62. The highest BCUT2D eigenvalue weighted by atomic mass is 16.5. The quantitative estimate of drug-likeness (QED) is 0.914. The summed E-state index contributed by atoms with van der Waals surface area (Å²) in [4.78, 5) is 6.97. The van der Waals surface area contributed by atoms with Crippen molar-refractivity contribution in [1.29, 1.82) is 0 Å². The van der Waals surface area contributed by atoms with Crippen molar-refractivity contribution in [1.82, 2.24) is 20.4 Å². The first-order chi connectivity index (χ1) is 10.4. The molecule has 0 atom stereocenters.